The normalized spacial score (nSPS) is 12.2. The smallest absolute Gasteiger partial charge is 0.00105 e. The molecule has 0 saturated carbocycles. The first-order valence-electron chi connectivity index (χ1n) is 6.63. The van der Waals surface area contributed by atoms with Gasteiger partial charge in [0, 0.05) is 6.04 Å². The van der Waals surface area contributed by atoms with Crippen molar-refractivity contribution in [1.82, 2.24) is 5.32 Å². The van der Waals surface area contributed by atoms with E-state index in [1.54, 1.807) is 0 Å². The first kappa shape index (κ1) is 14.0. The Bertz CT molecular complexity index is 346. The van der Waals surface area contributed by atoms with Gasteiger partial charge in [0.05, 0.1) is 0 Å². The van der Waals surface area contributed by atoms with E-state index in [-0.39, 0.29) is 0 Å². The fourth-order valence-electron chi connectivity index (χ4n) is 1.78. The van der Waals surface area contributed by atoms with Gasteiger partial charge in [-0.1, -0.05) is 51.1 Å². The monoisotopic (exact) mass is 231 g/mol. The average molecular weight is 231 g/mol. The maximum atomic E-state index is 3.43. The van der Waals surface area contributed by atoms with Crippen molar-refractivity contribution in [2.45, 2.75) is 46.6 Å². The molecule has 1 aromatic carbocycles. The molecular formula is C16H25N. The molecule has 0 saturated heterocycles. The van der Waals surface area contributed by atoms with E-state index in [1.807, 2.05) is 0 Å². The summed E-state index contributed by atoms with van der Waals surface area (Å²) in [6.07, 6.45) is 4.53. The number of hydrogen-bond donors (Lipinski definition) is 1. The van der Waals surface area contributed by atoms with E-state index >= 15 is 0 Å². The standard InChI is InChI=1S/C16H25N/c1-5-15-8-10-16(11-9-15)14(4)7-6-12-17-13(2)3/h7-11,13,17H,5-6,12H2,1-4H3. The highest BCUT2D eigenvalue weighted by molar-refractivity contribution is 5.63. The van der Waals surface area contributed by atoms with Gasteiger partial charge in [-0.15, -0.1) is 0 Å². The fraction of sp³-hybridized carbons (Fsp3) is 0.500. The Labute approximate surface area is 106 Å². The van der Waals surface area contributed by atoms with Gasteiger partial charge >= 0.3 is 0 Å². The van der Waals surface area contributed by atoms with Crippen molar-refractivity contribution in [2.24, 2.45) is 0 Å². The fourth-order valence-corrected chi connectivity index (χ4v) is 1.78. The average Bonchev–Trinajstić information content (AvgIpc) is 2.34. The molecule has 94 valence electrons. The molecule has 1 rings (SSSR count). The van der Waals surface area contributed by atoms with Gasteiger partial charge in [0.2, 0.25) is 0 Å². The number of benzene rings is 1. The zero-order valence-corrected chi connectivity index (χ0v) is 11.6. The third-order valence-electron chi connectivity index (χ3n) is 2.96. The molecule has 1 aromatic rings. The highest BCUT2D eigenvalue weighted by atomic mass is 14.9. The van der Waals surface area contributed by atoms with Crippen LogP contribution in [0.4, 0.5) is 0 Å². The highest BCUT2D eigenvalue weighted by Crippen LogP contribution is 2.15. The third kappa shape index (κ3) is 5.18. The van der Waals surface area contributed by atoms with Crippen LogP contribution in [-0.2, 0) is 6.42 Å². The van der Waals surface area contributed by atoms with Crippen LogP contribution in [0.1, 0.15) is 45.2 Å². The summed E-state index contributed by atoms with van der Waals surface area (Å²) in [5, 5.41) is 3.43. The second-order valence-corrected chi connectivity index (χ2v) is 4.84. The van der Waals surface area contributed by atoms with Crippen LogP contribution < -0.4 is 5.32 Å². The van der Waals surface area contributed by atoms with Crippen molar-refractivity contribution in [3.63, 3.8) is 0 Å². The molecule has 0 aliphatic heterocycles. The van der Waals surface area contributed by atoms with Crippen molar-refractivity contribution >= 4 is 5.57 Å². The predicted octanol–water partition coefficient (Wildman–Crippen LogP) is 4.04. The van der Waals surface area contributed by atoms with E-state index in [1.165, 1.54) is 16.7 Å². The zero-order valence-electron chi connectivity index (χ0n) is 11.6. The molecule has 0 aromatic heterocycles. The number of hydrogen-bond acceptors (Lipinski definition) is 1. The lowest BCUT2D eigenvalue weighted by Crippen LogP contribution is -2.23. The molecule has 0 amide bonds. The van der Waals surface area contributed by atoms with Gasteiger partial charge in [-0.25, -0.2) is 0 Å². The van der Waals surface area contributed by atoms with E-state index in [9.17, 15) is 0 Å². The predicted molar refractivity (Wildman–Crippen MR) is 77.2 cm³/mol. The molecule has 0 aliphatic carbocycles. The van der Waals surface area contributed by atoms with Crippen LogP contribution >= 0.6 is 0 Å². The number of allylic oxidation sites excluding steroid dienone is 1. The molecule has 17 heavy (non-hydrogen) atoms. The lowest BCUT2D eigenvalue weighted by molar-refractivity contribution is 0.595. The molecule has 0 unspecified atom stereocenters. The Morgan fingerprint density at radius 1 is 1.24 bits per heavy atom. The summed E-state index contributed by atoms with van der Waals surface area (Å²) in [4.78, 5) is 0. The van der Waals surface area contributed by atoms with Gasteiger partial charge in [-0.3, -0.25) is 0 Å². The quantitative estimate of drug-likeness (QED) is 0.729. The Hall–Kier alpha value is -1.08. The second-order valence-electron chi connectivity index (χ2n) is 4.84. The van der Waals surface area contributed by atoms with E-state index in [0.29, 0.717) is 6.04 Å². The molecule has 0 aliphatic rings. The van der Waals surface area contributed by atoms with Crippen molar-refractivity contribution in [1.29, 1.82) is 0 Å². The minimum Gasteiger partial charge on any atom is -0.314 e. The van der Waals surface area contributed by atoms with Gasteiger partial charge in [-0.2, -0.15) is 0 Å². The summed E-state index contributed by atoms with van der Waals surface area (Å²) in [5.41, 5.74) is 4.12. The van der Waals surface area contributed by atoms with Crippen LogP contribution in [0.25, 0.3) is 5.57 Å². The summed E-state index contributed by atoms with van der Waals surface area (Å²) >= 11 is 0. The maximum absolute atomic E-state index is 3.43. The van der Waals surface area contributed by atoms with Gasteiger partial charge < -0.3 is 5.32 Å². The molecule has 1 N–H and O–H groups in total. The van der Waals surface area contributed by atoms with Crippen molar-refractivity contribution < 1.29 is 0 Å². The van der Waals surface area contributed by atoms with Crippen molar-refractivity contribution in [3.05, 3.63) is 41.5 Å². The van der Waals surface area contributed by atoms with E-state index in [2.05, 4.69) is 63.4 Å². The van der Waals surface area contributed by atoms with Crippen LogP contribution in [-0.4, -0.2) is 12.6 Å². The SMILES string of the molecule is CCc1ccc(C(C)=CCCNC(C)C)cc1. The van der Waals surface area contributed by atoms with Crippen LogP contribution in [0.15, 0.2) is 30.3 Å². The molecule has 0 spiro atoms. The second kappa shape index (κ2) is 7.29. The van der Waals surface area contributed by atoms with Gasteiger partial charge in [0.1, 0.15) is 0 Å². The van der Waals surface area contributed by atoms with E-state index < -0.39 is 0 Å². The Balaban J connectivity index is 2.50. The summed E-state index contributed by atoms with van der Waals surface area (Å²) < 4.78 is 0. The van der Waals surface area contributed by atoms with Gasteiger partial charge in [0.25, 0.3) is 0 Å². The Morgan fingerprint density at radius 3 is 2.41 bits per heavy atom. The van der Waals surface area contributed by atoms with Crippen LogP contribution in [0, 0.1) is 0 Å². The summed E-state index contributed by atoms with van der Waals surface area (Å²) in [6, 6.07) is 9.46. The Kier molecular flexibility index (Phi) is 5.99. The molecule has 1 nitrogen and oxygen atoms in total. The van der Waals surface area contributed by atoms with Crippen LogP contribution in [0.5, 0.6) is 0 Å². The van der Waals surface area contributed by atoms with Gasteiger partial charge in [0.15, 0.2) is 0 Å². The number of nitrogens with one attached hydrogen (secondary N) is 1. The molecule has 0 fully saturated rings. The first-order chi connectivity index (χ1) is 8.13. The summed E-state index contributed by atoms with van der Waals surface area (Å²) in [6.45, 7) is 9.80. The molecule has 0 heterocycles. The summed E-state index contributed by atoms with van der Waals surface area (Å²) in [7, 11) is 0. The van der Waals surface area contributed by atoms with Crippen LogP contribution in [0.3, 0.4) is 0 Å². The minimum absolute atomic E-state index is 0.576. The molecule has 1 heteroatoms. The number of aryl methyl sites for hydroxylation is 1. The zero-order chi connectivity index (χ0) is 12.7. The highest BCUT2D eigenvalue weighted by Gasteiger charge is 1.96. The summed E-state index contributed by atoms with van der Waals surface area (Å²) in [5.74, 6) is 0. The van der Waals surface area contributed by atoms with Crippen molar-refractivity contribution in [3.8, 4) is 0 Å². The van der Waals surface area contributed by atoms with E-state index in [4.69, 9.17) is 0 Å². The Morgan fingerprint density at radius 2 is 1.88 bits per heavy atom. The topological polar surface area (TPSA) is 12.0 Å². The van der Waals surface area contributed by atoms with Gasteiger partial charge in [-0.05, 0) is 43.0 Å². The maximum Gasteiger partial charge on any atom is 0.00105 e. The van der Waals surface area contributed by atoms with Crippen LogP contribution in [0.2, 0.25) is 0 Å². The van der Waals surface area contributed by atoms with Crippen molar-refractivity contribution in [2.75, 3.05) is 6.54 Å². The third-order valence-corrected chi connectivity index (χ3v) is 2.96. The minimum atomic E-state index is 0.576. The molecule has 0 bridgehead atoms. The number of rotatable bonds is 6. The molecule has 0 atom stereocenters. The van der Waals surface area contributed by atoms with E-state index in [0.717, 1.165) is 19.4 Å². The lowest BCUT2D eigenvalue weighted by atomic mass is 10.0. The molecular weight excluding hydrogens is 206 g/mol. The molecule has 0 radical (unpaired) electrons. The lowest BCUT2D eigenvalue weighted by Gasteiger charge is -2.07. The largest absolute Gasteiger partial charge is 0.314 e. The first-order valence-corrected chi connectivity index (χ1v) is 6.63.